The van der Waals surface area contributed by atoms with Gasteiger partial charge in [-0.25, -0.2) is 13.1 Å². The molecule has 1 heterocycles. The molecule has 1 unspecified atom stereocenters. The van der Waals surface area contributed by atoms with E-state index in [0.717, 1.165) is 32.4 Å². The summed E-state index contributed by atoms with van der Waals surface area (Å²) in [4.78, 5) is 14.3. The van der Waals surface area contributed by atoms with Crippen molar-refractivity contribution >= 4 is 27.5 Å². The predicted octanol–water partition coefficient (Wildman–Crippen LogP) is 3.05. The van der Waals surface area contributed by atoms with Crippen molar-refractivity contribution in [1.29, 1.82) is 0 Å². The molecule has 138 valence electrons. The Bertz CT molecular complexity index is 719. The topological polar surface area (TPSA) is 66.5 Å². The summed E-state index contributed by atoms with van der Waals surface area (Å²) >= 11 is 5.97. The molecule has 1 amide bonds. The van der Waals surface area contributed by atoms with Crippen LogP contribution in [0.5, 0.6) is 0 Å². The van der Waals surface area contributed by atoms with Crippen LogP contribution in [0.1, 0.15) is 38.5 Å². The number of hydrogen-bond acceptors (Lipinski definition) is 3. The number of carbonyl (C=O) groups excluding carboxylic acids is 1. The second-order valence-electron chi connectivity index (χ2n) is 7.09. The highest BCUT2D eigenvalue weighted by Gasteiger charge is 2.29. The first kappa shape index (κ1) is 18.7. The lowest BCUT2D eigenvalue weighted by Gasteiger charge is -2.20. The highest BCUT2D eigenvalue weighted by molar-refractivity contribution is 7.89. The third-order valence-electron chi connectivity index (χ3n) is 5.07. The minimum Gasteiger partial charge on any atom is -0.342 e. The minimum atomic E-state index is -3.59. The molecule has 1 saturated carbocycles. The van der Waals surface area contributed by atoms with E-state index >= 15 is 0 Å². The normalized spacial score (nSPS) is 22.0. The molecule has 1 aromatic rings. The molecule has 1 aliphatic heterocycles. The van der Waals surface area contributed by atoms with Gasteiger partial charge in [0.05, 0.1) is 5.02 Å². The Morgan fingerprint density at radius 2 is 1.88 bits per heavy atom. The molecule has 3 rings (SSSR count). The zero-order chi connectivity index (χ0) is 17.9. The number of carbonyl (C=O) groups is 1. The molecule has 25 heavy (non-hydrogen) atoms. The van der Waals surface area contributed by atoms with E-state index in [2.05, 4.69) is 4.72 Å². The lowest BCUT2D eigenvalue weighted by Crippen LogP contribution is -2.32. The molecule has 1 atom stereocenters. The van der Waals surface area contributed by atoms with Gasteiger partial charge in [0.25, 0.3) is 0 Å². The Hall–Kier alpha value is -1.11. The number of amides is 1. The van der Waals surface area contributed by atoms with Gasteiger partial charge in [-0.3, -0.25) is 4.79 Å². The van der Waals surface area contributed by atoms with Crippen LogP contribution in [0.4, 0.5) is 0 Å². The SMILES string of the molecule is O=C1CCC(CCNS(=O)(=O)c2ccccc2Cl)CCN1CC1CC1. The first-order valence-electron chi connectivity index (χ1n) is 8.97. The Morgan fingerprint density at radius 1 is 1.12 bits per heavy atom. The van der Waals surface area contributed by atoms with Crippen LogP contribution in [0.3, 0.4) is 0 Å². The summed E-state index contributed by atoms with van der Waals surface area (Å²) in [5, 5.41) is 0.228. The van der Waals surface area contributed by atoms with Crippen molar-refractivity contribution in [2.75, 3.05) is 19.6 Å². The molecule has 2 fully saturated rings. The zero-order valence-electron chi connectivity index (χ0n) is 14.3. The van der Waals surface area contributed by atoms with Gasteiger partial charge in [0.1, 0.15) is 4.90 Å². The summed E-state index contributed by atoms with van der Waals surface area (Å²) in [5.74, 6) is 1.34. The van der Waals surface area contributed by atoms with Gasteiger partial charge in [0.15, 0.2) is 0 Å². The fourth-order valence-electron chi connectivity index (χ4n) is 3.32. The van der Waals surface area contributed by atoms with Gasteiger partial charge in [-0.2, -0.15) is 0 Å². The highest BCUT2D eigenvalue weighted by Crippen LogP contribution is 2.31. The monoisotopic (exact) mass is 384 g/mol. The van der Waals surface area contributed by atoms with E-state index in [1.807, 2.05) is 4.90 Å². The molecule has 1 N–H and O–H groups in total. The molecule has 7 heteroatoms. The quantitative estimate of drug-likeness (QED) is 0.785. The van der Waals surface area contributed by atoms with Crippen LogP contribution in [0.25, 0.3) is 0 Å². The smallest absolute Gasteiger partial charge is 0.242 e. The molecular formula is C18H25ClN2O3S. The van der Waals surface area contributed by atoms with Crippen molar-refractivity contribution in [3.05, 3.63) is 29.3 Å². The van der Waals surface area contributed by atoms with Gasteiger partial charge >= 0.3 is 0 Å². The second kappa shape index (κ2) is 8.06. The molecule has 5 nitrogen and oxygen atoms in total. The van der Waals surface area contributed by atoms with Crippen LogP contribution in [-0.2, 0) is 14.8 Å². The molecule has 0 aromatic heterocycles. The van der Waals surface area contributed by atoms with Gasteiger partial charge in [-0.05, 0) is 56.1 Å². The molecule has 2 aliphatic rings. The van der Waals surface area contributed by atoms with Gasteiger partial charge in [0.2, 0.25) is 15.9 Å². The Kier molecular flexibility index (Phi) is 6.02. The molecule has 1 saturated heterocycles. The second-order valence-corrected chi connectivity index (χ2v) is 9.24. The van der Waals surface area contributed by atoms with Crippen LogP contribution >= 0.6 is 11.6 Å². The van der Waals surface area contributed by atoms with E-state index in [-0.39, 0.29) is 15.8 Å². The van der Waals surface area contributed by atoms with Crippen molar-refractivity contribution in [1.82, 2.24) is 9.62 Å². The Labute approximate surface area is 154 Å². The maximum absolute atomic E-state index is 12.3. The predicted molar refractivity (Wildman–Crippen MR) is 97.9 cm³/mol. The van der Waals surface area contributed by atoms with Crippen molar-refractivity contribution in [3.8, 4) is 0 Å². The maximum atomic E-state index is 12.3. The fraction of sp³-hybridized carbons (Fsp3) is 0.611. The summed E-state index contributed by atoms with van der Waals surface area (Å²) in [7, 11) is -3.59. The average Bonchev–Trinajstić information content (AvgIpc) is 3.40. The average molecular weight is 385 g/mol. The van der Waals surface area contributed by atoms with Gasteiger partial charge in [-0.1, -0.05) is 23.7 Å². The van der Waals surface area contributed by atoms with E-state index < -0.39 is 10.0 Å². The van der Waals surface area contributed by atoms with E-state index in [4.69, 9.17) is 11.6 Å². The van der Waals surface area contributed by atoms with Crippen molar-refractivity contribution < 1.29 is 13.2 Å². The van der Waals surface area contributed by atoms with Crippen LogP contribution in [0.15, 0.2) is 29.2 Å². The molecule has 1 aromatic carbocycles. The van der Waals surface area contributed by atoms with Crippen LogP contribution in [0.2, 0.25) is 5.02 Å². The number of nitrogens with zero attached hydrogens (tertiary/aromatic N) is 1. The standard InChI is InChI=1S/C18H25ClN2O3S/c19-16-3-1-2-4-17(16)25(23,24)20-11-9-14-7-8-18(22)21(12-10-14)13-15-5-6-15/h1-4,14-15,20H,5-13H2. The minimum absolute atomic E-state index is 0.114. The van der Waals surface area contributed by atoms with Crippen molar-refractivity contribution in [2.45, 2.75) is 43.4 Å². The molecule has 0 spiro atoms. The van der Waals surface area contributed by atoms with Crippen LogP contribution in [0, 0.1) is 11.8 Å². The third-order valence-corrected chi connectivity index (χ3v) is 7.03. The summed E-state index contributed by atoms with van der Waals surface area (Å²) in [5.41, 5.74) is 0. The van der Waals surface area contributed by atoms with Crippen LogP contribution in [-0.4, -0.2) is 38.9 Å². The summed E-state index contributed by atoms with van der Waals surface area (Å²) in [6.07, 6.45) is 5.61. The van der Waals surface area contributed by atoms with Gasteiger partial charge in [-0.15, -0.1) is 0 Å². The lowest BCUT2D eigenvalue weighted by molar-refractivity contribution is -0.130. The van der Waals surface area contributed by atoms with E-state index in [0.29, 0.717) is 24.8 Å². The summed E-state index contributed by atoms with van der Waals surface area (Å²) in [6.45, 7) is 2.08. The summed E-state index contributed by atoms with van der Waals surface area (Å²) < 4.78 is 27.3. The van der Waals surface area contributed by atoms with Crippen molar-refractivity contribution in [2.24, 2.45) is 11.8 Å². The first-order chi connectivity index (χ1) is 12.0. The lowest BCUT2D eigenvalue weighted by atomic mass is 9.97. The number of halogens is 1. The van der Waals surface area contributed by atoms with Gasteiger partial charge < -0.3 is 4.90 Å². The van der Waals surface area contributed by atoms with E-state index in [9.17, 15) is 13.2 Å². The zero-order valence-corrected chi connectivity index (χ0v) is 15.9. The number of benzene rings is 1. The number of hydrogen-bond donors (Lipinski definition) is 1. The number of likely N-dealkylation sites (tertiary alicyclic amines) is 1. The first-order valence-corrected chi connectivity index (χ1v) is 10.8. The maximum Gasteiger partial charge on any atom is 0.242 e. The van der Waals surface area contributed by atoms with Crippen LogP contribution < -0.4 is 4.72 Å². The van der Waals surface area contributed by atoms with Gasteiger partial charge in [0, 0.05) is 26.1 Å². The number of sulfonamides is 1. The summed E-state index contributed by atoms with van der Waals surface area (Å²) in [6, 6.07) is 6.44. The van der Waals surface area contributed by atoms with E-state index in [1.54, 1.807) is 18.2 Å². The largest absolute Gasteiger partial charge is 0.342 e. The Morgan fingerprint density at radius 3 is 2.60 bits per heavy atom. The van der Waals surface area contributed by atoms with Crippen molar-refractivity contribution in [3.63, 3.8) is 0 Å². The molecular weight excluding hydrogens is 360 g/mol. The number of nitrogens with one attached hydrogen (secondary N) is 1. The molecule has 0 radical (unpaired) electrons. The Balaban J connectivity index is 1.48. The third kappa shape index (κ3) is 5.19. The fourth-order valence-corrected chi connectivity index (χ4v) is 4.89. The molecule has 0 bridgehead atoms. The number of rotatable bonds is 7. The molecule has 1 aliphatic carbocycles. The van der Waals surface area contributed by atoms with E-state index in [1.165, 1.54) is 18.9 Å². The highest BCUT2D eigenvalue weighted by atomic mass is 35.5.